The van der Waals surface area contributed by atoms with Gasteiger partial charge in [0, 0.05) is 0 Å². The Hall–Kier alpha value is -1.02. The normalized spacial score (nSPS) is 11.1. The molecule has 0 aromatic heterocycles. The summed E-state index contributed by atoms with van der Waals surface area (Å²) >= 11 is 0. The maximum absolute atomic E-state index is 5.67. The SMILES string of the molecule is CCCCCCCCCc1ccc(OCCOC(C)C)cc1. The van der Waals surface area contributed by atoms with Gasteiger partial charge < -0.3 is 9.47 Å². The van der Waals surface area contributed by atoms with Crippen LogP contribution in [-0.2, 0) is 11.2 Å². The van der Waals surface area contributed by atoms with Gasteiger partial charge in [0.15, 0.2) is 0 Å². The monoisotopic (exact) mass is 306 g/mol. The molecule has 0 amide bonds. The van der Waals surface area contributed by atoms with Gasteiger partial charge in [-0.05, 0) is 44.4 Å². The van der Waals surface area contributed by atoms with Crippen LogP contribution in [0.15, 0.2) is 24.3 Å². The van der Waals surface area contributed by atoms with Crippen molar-refractivity contribution >= 4 is 0 Å². The maximum atomic E-state index is 5.67. The predicted molar refractivity (Wildman–Crippen MR) is 94.7 cm³/mol. The van der Waals surface area contributed by atoms with Crippen molar-refractivity contribution in [2.45, 2.75) is 78.2 Å². The van der Waals surface area contributed by atoms with Crippen molar-refractivity contribution in [1.29, 1.82) is 0 Å². The molecule has 0 radical (unpaired) electrons. The quantitative estimate of drug-likeness (QED) is 0.430. The lowest BCUT2D eigenvalue weighted by atomic mass is 10.0. The second kappa shape index (κ2) is 12.5. The van der Waals surface area contributed by atoms with E-state index in [-0.39, 0.29) is 6.10 Å². The van der Waals surface area contributed by atoms with Gasteiger partial charge in [0.1, 0.15) is 12.4 Å². The van der Waals surface area contributed by atoms with Crippen molar-refractivity contribution in [1.82, 2.24) is 0 Å². The molecule has 0 aliphatic heterocycles. The van der Waals surface area contributed by atoms with Gasteiger partial charge >= 0.3 is 0 Å². The van der Waals surface area contributed by atoms with E-state index in [0.717, 1.165) is 5.75 Å². The lowest BCUT2D eigenvalue weighted by molar-refractivity contribution is 0.0552. The third-order valence-electron chi connectivity index (χ3n) is 3.80. The Bertz CT molecular complexity index is 356. The summed E-state index contributed by atoms with van der Waals surface area (Å²) in [4.78, 5) is 0. The molecule has 0 atom stereocenters. The fourth-order valence-electron chi connectivity index (χ4n) is 2.48. The number of aryl methyl sites for hydroxylation is 1. The number of benzene rings is 1. The number of ether oxygens (including phenoxy) is 2. The van der Waals surface area contributed by atoms with Crippen molar-refractivity contribution < 1.29 is 9.47 Å². The highest BCUT2D eigenvalue weighted by molar-refractivity contribution is 5.27. The zero-order valence-corrected chi connectivity index (χ0v) is 14.8. The van der Waals surface area contributed by atoms with Gasteiger partial charge in [0.25, 0.3) is 0 Å². The van der Waals surface area contributed by atoms with E-state index < -0.39 is 0 Å². The molecule has 1 aromatic carbocycles. The van der Waals surface area contributed by atoms with Crippen LogP contribution in [0, 0.1) is 0 Å². The van der Waals surface area contributed by atoms with Crippen molar-refractivity contribution in [3.8, 4) is 5.75 Å². The Morgan fingerprint density at radius 3 is 2.09 bits per heavy atom. The minimum Gasteiger partial charge on any atom is -0.491 e. The summed E-state index contributed by atoms with van der Waals surface area (Å²) in [5.41, 5.74) is 1.42. The van der Waals surface area contributed by atoms with E-state index in [0.29, 0.717) is 13.2 Å². The zero-order valence-electron chi connectivity index (χ0n) is 14.8. The van der Waals surface area contributed by atoms with E-state index in [2.05, 4.69) is 31.2 Å². The Kier molecular flexibility index (Phi) is 10.8. The molecule has 0 aliphatic carbocycles. The molecule has 0 spiro atoms. The molecule has 1 rings (SSSR count). The number of hydrogen-bond acceptors (Lipinski definition) is 2. The zero-order chi connectivity index (χ0) is 16.0. The van der Waals surface area contributed by atoms with E-state index in [4.69, 9.17) is 9.47 Å². The summed E-state index contributed by atoms with van der Waals surface area (Å²) in [6, 6.07) is 8.53. The van der Waals surface area contributed by atoms with Gasteiger partial charge in [0.05, 0.1) is 12.7 Å². The van der Waals surface area contributed by atoms with Crippen LogP contribution in [0.3, 0.4) is 0 Å². The highest BCUT2D eigenvalue weighted by atomic mass is 16.5. The van der Waals surface area contributed by atoms with Gasteiger partial charge in [0.2, 0.25) is 0 Å². The average Bonchev–Trinajstić information content (AvgIpc) is 2.52. The van der Waals surface area contributed by atoms with Gasteiger partial charge in [-0.2, -0.15) is 0 Å². The van der Waals surface area contributed by atoms with Crippen LogP contribution in [0.1, 0.15) is 71.3 Å². The molecule has 0 unspecified atom stereocenters. The first-order valence-electron chi connectivity index (χ1n) is 9.05. The molecule has 0 fully saturated rings. The molecule has 0 saturated heterocycles. The van der Waals surface area contributed by atoms with Crippen LogP contribution in [-0.4, -0.2) is 19.3 Å². The molecule has 0 saturated carbocycles. The fraction of sp³-hybridized carbons (Fsp3) is 0.700. The van der Waals surface area contributed by atoms with Crippen LogP contribution < -0.4 is 4.74 Å². The minimum absolute atomic E-state index is 0.271. The first kappa shape index (κ1) is 19.0. The standard InChI is InChI=1S/C20H34O2/c1-4-5-6-7-8-9-10-11-19-12-14-20(15-13-19)22-17-16-21-18(2)3/h12-15,18H,4-11,16-17H2,1-3H3. The minimum atomic E-state index is 0.271. The first-order chi connectivity index (χ1) is 10.7. The smallest absolute Gasteiger partial charge is 0.119 e. The van der Waals surface area contributed by atoms with E-state index in [1.54, 1.807) is 0 Å². The molecule has 22 heavy (non-hydrogen) atoms. The van der Waals surface area contributed by atoms with Crippen LogP contribution >= 0.6 is 0 Å². The topological polar surface area (TPSA) is 18.5 Å². The lowest BCUT2D eigenvalue weighted by Crippen LogP contribution is -2.11. The Balaban J connectivity index is 2.08. The highest BCUT2D eigenvalue weighted by Gasteiger charge is 1.98. The maximum Gasteiger partial charge on any atom is 0.119 e. The third kappa shape index (κ3) is 9.83. The molecule has 0 N–H and O–H groups in total. The molecule has 0 aliphatic rings. The molecular weight excluding hydrogens is 272 g/mol. The van der Waals surface area contributed by atoms with Crippen LogP contribution in [0.5, 0.6) is 5.75 Å². The van der Waals surface area contributed by atoms with Crippen molar-refractivity contribution in [3.63, 3.8) is 0 Å². The van der Waals surface area contributed by atoms with E-state index >= 15 is 0 Å². The molecule has 0 bridgehead atoms. The predicted octanol–water partition coefficient (Wildman–Crippen LogP) is 5.78. The Morgan fingerprint density at radius 1 is 0.818 bits per heavy atom. The molecule has 1 aromatic rings. The number of rotatable bonds is 13. The number of unbranched alkanes of at least 4 members (excludes halogenated alkanes) is 6. The van der Waals surface area contributed by atoms with E-state index in [1.807, 2.05) is 13.8 Å². The number of hydrogen-bond donors (Lipinski definition) is 0. The van der Waals surface area contributed by atoms with Crippen LogP contribution in [0.4, 0.5) is 0 Å². The van der Waals surface area contributed by atoms with Crippen LogP contribution in [0.2, 0.25) is 0 Å². The van der Waals surface area contributed by atoms with E-state index in [1.165, 1.54) is 56.9 Å². The van der Waals surface area contributed by atoms with Crippen molar-refractivity contribution in [2.75, 3.05) is 13.2 Å². The molecule has 2 heteroatoms. The summed E-state index contributed by atoms with van der Waals surface area (Å²) < 4.78 is 11.1. The van der Waals surface area contributed by atoms with Gasteiger partial charge in [-0.25, -0.2) is 0 Å². The Labute approximate surface area is 137 Å². The summed E-state index contributed by atoms with van der Waals surface area (Å²) in [6.45, 7) is 7.62. The van der Waals surface area contributed by atoms with E-state index in [9.17, 15) is 0 Å². The summed E-state index contributed by atoms with van der Waals surface area (Å²) in [5, 5.41) is 0. The largest absolute Gasteiger partial charge is 0.491 e. The second-order valence-corrected chi connectivity index (χ2v) is 6.28. The second-order valence-electron chi connectivity index (χ2n) is 6.28. The summed E-state index contributed by atoms with van der Waals surface area (Å²) in [5.74, 6) is 0.940. The van der Waals surface area contributed by atoms with Crippen molar-refractivity contribution in [2.24, 2.45) is 0 Å². The van der Waals surface area contributed by atoms with Gasteiger partial charge in [-0.15, -0.1) is 0 Å². The molecule has 126 valence electrons. The lowest BCUT2D eigenvalue weighted by Gasteiger charge is -2.09. The summed E-state index contributed by atoms with van der Waals surface area (Å²) in [7, 11) is 0. The van der Waals surface area contributed by atoms with Gasteiger partial charge in [-0.3, -0.25) is 0 Å². The average molecular weight is 306 g/mol. The van der Waals surface area contributed by atoms with Crippen LogP contribution in [0.25, 0.3) is 0 Å². The van der Waals surface area contributed by atoms with Crippen molar-refractivity contribution in [3.05, 3.63) is 29.8 Å². The molecule has 0 heterocycles. The Morgan fingerprint density at radius 2 is 1.45 bits per heavy atom. The molecule has 2 nitrogen and oxygen atoms in total. The highest BCUT2D eigenvalue weighted by Crippen LogP contribution is 2.15. The van der Waals surface area contributed by atoms with Gasteiger partial charge in [-0.1, -0.05) is 57.6 Å². The fourth-order valence-corrected chi connectivity index (χ4v) is 2.48. The third-order valence-corrected chi connectivity index (χ3v) is 3.80. The summed E-state index contributed by atoms with van der Waals surface area (Å²) in [6.07, 6.45) is 11.0. The molecular formula is C20H34O2. The first-order valence-corrected chi connectivity index (χ1v) is 9.05.